The Labute approximate surface area is 130 Å². The van der Waals surface area contributed by atoms with Crippen LogP contribution in [0.5, 0.6) is 0 Å². The monoisotopic (exact) mass is 297 g/mol. The first-order valence-electron chi connectivity index (χ1n) is 7.48. The van der Waals surface area contributed by atoms with E-state index in [0.717, 1.165) is 13.0 Å². The highest BCUT2D eigenvalue weighted by molar-refractivity contribution is 5.90. The minimum atomic E-state index is -0.371. The number of para-hydroxylation sites is 1. The molecule has 1 aliphatic rings. The predicted octanol–water partition coefficient (Wildman–Crippen LogP) is 2.96. The molecule has 0 radical (unpaired) electrons. The van der Waals surface area contributed by atoms with Gasteiger partial charge < -0.3 is 9.64 Å². The first-order valence-corrected chi connectivity index (χ1v) is 7.48. The number of esters is 1. The summed E-state index contributed by atoms with van der Waals surface area (Å²) in [6, 6.07) is 6.31. The molecule has 0 unspecified atom stereocenters. The molecule has 5 heteroatoms. The van der Waals surface area contributed by atoms with Gasteiger partial charge in [0.05, 0.1) is 23.6 Å². The van der Waals surface area contributed by atoms with Gasteiger partial charge >= 0.3 is 5.97 Å². The summed E-state index contributed by atoms with van der Waals surface area (Å²) < 4.78 is 5.02. The SMILES string of the molecule is CCOC(=O)c1cnc(N2CCc3cccc(C)c32)nc1C. The van der Waals surface area contributed by atoms with Gasteiger partial charge in [-0.15, -0.1) is 0 Å². The first-order chi connectivity index (χ1) is 10.6. The molecule has 0 fully saturated rings. The number of rotatable bonds is 3. The van der Waals surface area contributed by atoms with Crippen LogP contribution < -0.4 is 4.90 Å². The Morgan fingerprint density at radius 2 is 2.18 bits per heavy atom. The van der Waals surface area contributed by atoms with E-state index in [1.54, 1.807) is 13.1 Å². The zero-order valence-corrected chi connectivity index (χ0v) is 13.1. The molecule has 0 saturated heterocycles. The van der Waals surface area contributed by atoms with Crippen molar-refractivity contribution < 1.29 is 9.53 Å². The molecule has 0 spiro atoms. The summed E-state index contributed by atoms with van der Waals surface area (Å²) in [5, 5.41) is 0. The van der Waals surface area contributed by atoms with Crippen molar-refractivity contribution in [2.24, 2.45) is 0 Å². The van der Waals surface area contributed by atoms with Gasteiger partial charge in [0, 0.05) is 12.7 Å². The third-order valence-electron chi connectivity index (χ3n) is 3.90. The van der Waals surface area contributed by atoms with Crippen LogP contribution in [0.15, 0.2) is 24.4 Å². The van der Waals surface area contributed by atoms with E-state index in [1.165, 1.54) is 16.8 Å². The van der Waals surface area contributed by atoms with Crippen molar-refractivity contribution in [2.45, 2.75) is 27.2 Å². The summed E-state index contributed by atoms with van der Waals surface area (Å²) >= 11 is 0. The van der Waals surface area contributed by atoms with E-state index in [9.17, 15) is 4.79 Å². The van der Waals surface area contributed by atoms with E-state index in [2.05, 4.69) is 40.0 Å². The Bertz CT molecular complexity index is 728. The van der Waals surface area contributed by atoms with Crippen LogP contribution in [0.2, 0.25) is 0 Å². The lowest BCUT2D eigenvalue weighted by molar-refractivity contribution is 0.0524. The number of benzene rings is 1. The summed E-state index contributed by atoms with van der Waals surface area (Å²) in [5.41, 5.74) is 4.78. The van der Waals surface area contributed by atoms with Gasteiger partial charge in [0.2, 0.25) is 5.95 Å². The molecule has 1 aromatic heterocycles. The smallest absolute Gasteiger partial charge is 0.341 e. The highest BCUT2D eigenvalue weighted by Crippen LogP contribution is 2.35. The van der Waals surface area contributed by atoms with Gasteiger partial charge in [-0.2, -0.15) is 0 Å². The van der Waals surface area contributed by atoms with E-state index in [0.29, 0.717) is 23.8 Å². The molecule has 1 aliphatic heterocycles. The predicted molar refractivity (Wildman–Crippen MR) is 84.6 cm³/mol. The molecule has 2 aromatic rings. The number of ether oxygens (including phenoxy) is 1. The second-order valence-corrected chi connectivity index (χ2v) is 5.37. The Hall–Kier alpha value is -2.43. The average Bonchev–Trinajstić information content (AvgIpc) is 2.92. The zero-order valence-electron chi connectivity index (χ0n) is 13.1. The minimum absolute atomic E-state index is 0.346. The number of fused-ring (bicyclic) bond motifs is 1. The number of hydrogen-bond acceptors (Lipinski definition) is 5. The third kappa shape index (κ3) is 2.43. The summed E-state index contributed by atoms with van der Waals surface area (Å²) in [5.74, 6) is 0.267. The van der Waals surface area contributed by atoms with Crippen molar-refractivity contribution in [3.05, 3.63) is 46.8 Å². The highest BCUT2D eigenvalue weighted by Gasteiger charge is 2.25. The maximum atomic E-state index is 11.8. The van der Waals surface area contributed by atoms with Crippen LogP contribution in [0.1, 0.15) is 34.1 Å². The Balaban J connectivity index is 1.96. The molecule has 0 N–H and O–H groups in total. The van der Waals surface area contributed by atoms with Gasteiger partial charge in [0.1, 0.15) is 0 Å². The quantitative estimate of drug-likeness (QED) is 0.815. The topological polar surface area (TPSA) is 55.3 Å². The molecule has 0 bridgehead atoms. The standard InChI is InChI=1S/C17H19N3O2/c1-4-22-16(21)14-10-18-17(19-12(14)3)20-9-8-13-7-5-6-11(2)15(13)20/h5-7,10H,4,8-9H2,1-3H3. The van der Waals surface area contributed by atoms with Crippen molar-refractivity contribution >= 4 is 17.6 Å². The fraction of sp³-hybridized carbons (Fsp3) is 0.353. The third-order valence-corrected chi connectivity index (χ3v) is 3.90. The van der Waals surface area contributed by atoms with Gasteiger partial charge in [-0.05, 0) is 38.3 Å². The van der Waals surface area contributed by atoms with Crippen LogP contribution in [0.4, 0.5) is 11.6 Å². The number of hydrogen-bond donors (Lipinski definition) is 0. The molecule has 0 amide bonds. The summed E-state index contributed by atoms with van der Waals surface area (Å²) in [6.07, 6.45) is 2.55. The molecule has 0 aliphatic carbocycles. The van der Waals surface area contributed by atoms with Crippen molar-refractivity contribution in [3.63, 3.8) is 0 Å². The molecule has 2 heterocycles. The molecule has 3 rings (SSSR count). The number of aromatic nitrogens is 2. The number of carbonyl (C=O) groups is 1. The Kier molecular flexibility index (Phi) is 3.79. The fourth-order valence-corrected chi connectivity index (χ4v) is 2.85. The normalized spacial score (nSPS) is 13.1. The van der Waals surface area contributed by atoms with Crippen molar-refractivity contribution in [1.82, 2.24) is 9.97 Å². The maximum Gasteiger partial charge on any atom is 0.341 e. The largest absolute Gasteiger partial charge is 0.462 e. The number of nitrogens with zero attached hydrogens (tertiary/aromatic N) is 3. The van der Waals surface area contributed by atoms with Gasteiger partial charge in [-0.3, -0.25) is 0 Å². The molecular weight excluding hydrogens is 278 g/mol. The van der Waals surface area contributed by atoms with Crippen LogP contribution in [0.3, 0.4) is 0 Å². The molecule has 0 saturated carbocycles. The number of anilines is 2. The summed E-state index contributed by atoms with van der Waals surface area (Å²) in [7, 11) is 0. The van der Waals surface area contributed by atoms with E-state index >= 15 is 0 Å². The van der Waals surface area contributed by atoms with Gasteiger partial charge in [-0.1, -0.05) is 18.2 Å². The molecule has 0 atom stereocenters. The van der Waals surface area contributed by atoms with Crippen LogP contribution in [-0.4, -0.2) is 29.1 Å². The lowest BCUT2D eigenvalue weighted by Gasteiger charge is -2.19. The van der Waals surface area contributed by atoms with E-state index < -0.39 is 0 Å². The molecule has 1 aromatic carbocycles. The van der Waals surface area contributed by atoms with Gasteiger partial charge in [0.25, 0.3) is 0 Å². The second-order valence-electron chi connectivity index (χ2n) is 5.37. The first kappa shape index (κ1) is 14.5. The molecule has 22 heavy (non-hydrogen) atoms. The average molecular weight is 297 g/mol. The van der Waals surface area contributed by atoms with Gasteiger partial charge in [0.15, 0.2) is 0 Å². The van der Waals surface area contributed by atoms with Crippen LogP contribution in [0.25, 0.3) is 0 Å². The summed E-state index contributed by atoms with van der Waals surface area (Å²) in [6.45, 7) is 6.90. The number of carbonyl (C=O) groups excluding carboxylic acids is 1. The van der Waals surface area contributed by atoms with Crippen LogP contribution in [0, 0.1) is 13.8 Å². The lowest BCUT2D eigenvalue weighted by atomic mass is 10.1. The minimum Gasteiger partial charge on any atom is -0.462 e. The van der Waals surface area contributed by atoms with Crippen molar-refractivity contribution in [3.8, 4) is 0 Å². The Morgan fingerprint density at radius 3 is 2.91 bits per heavy atom. The maximum absolute atomic E-state index is 11.8. The summed E-state index contributed by atoms with van der Waals surface area (Å²) in [4.78, 5) is 22.8. The van der Waals surface area contributed by atoms with Gasteiger partial charge in [-0.25, -0.2) is 14.8 Å². The molecule has 5 nitrogen and oxygen atoms in total. The van der Waals surface area contributed by atoms with Crippen LogP contribution in [-0.2, 0) is 11.2 Å². The lowest BCUT2D eigenvalue weighted by Crippen LogP contribution is -2.19. The van der Waals surface area contributed by atoms with Crippen molar-refractivity contribution in [1.29, 1.82) is 0 Å². The molecule has 114 valence electrons. The Morgan fingerprint density at radius 1 is 1.36 bits per heavy atom. The van der Waals surface area contributed by atoms with Crippen molar-refractivity contribution in [2.75, 3.05) is 18.1 Å². The highest BCUT2D eigenvalue weighted by atomic mass is 16.5. The van der Waals surface area contributed by atoms with E-state index in [1.807, 2.05) is 6.92 Å². The van der Waals surface area contributed by atoms with E-state index in [4.69, 9.17) is 4.74 Å². The number of aryl methyl sites for hydroxylation is 2. The fourth-order valence-electron chi connectivity index (χ4n) is 2.85. The van der Waals surface area contributed by atoms with E-state index in [-0.39, 0.29) is 5.97 Å². The second kappa shape index (κ2) is 5.75. The van der Waals surface area contributed by atoms with Crippen LogP contribution >= 0.6 is 0 Å². The molecular formula is C17H19N3O2. The zero-order chi connectivity index (χ0) is 15.7.